The lowest BCUT2D eigenvalue weighted by atomic mass is 10.6. The standard InChI is InChI=1S/C7H11NO4/c1-3-6(9)11-4-5-12-7(10)8-2/h3H,1,4-5H2,2H3,(H,8,10). The van der Waals surface area contributed by atoms with Crippen LogP contribution in [0.5, 0.6) is 0 Å². The molecule has 1 amide bonds. The normalized spacial score (nSPS) is 8.42. The lowest BCUT2D eigenvalue weighted by molar-refractivity contribution is -0.138. The Morgan fingerprint density at radius 3 is 2.50 bits per heavy atom. The van der Waals surface area contributed by atoms with Crippen molar-refractivity contribution < 1.29 is 19.1 Å². The molecule has 0 atom stereocenters. The Kier molecular flexibility index (Phi) is 5.42. The number of alkyl carbamates (subject to hydrolysis) is 1. The van der Waals surface area contributed by atoms with Gasteiger partial charge in [-0.05, 0) is 0 Å². The van der Waals surface area contributed by atoms with Crippen LogP contribution in [-0.4, -0.2) is 32.3 Å². The number of esters is 1. The highest BCUT2D eigenvalue weighted by Gasteiger charge is 1.98. The van der Waals surface area contributed by atoms with Gasteiger partial charge in [0.15, 0.2) is 0 Å². The molecule has 0 spiro atoms. The van der Waals surface area contributed by atoms with Crippen molar-refractivity contribution in [3.63, 3.8) is 0 Å². The van der Waals surface area contributed by atoms with Crippen LogP contribution in [0.15, 0.2) is 12.7 Å². The average molecular weight is 173 g/mol. The predicted molar refractivity (Wildman–Crippen MR) is 41.6 cm³/mol. The van der Waals surface area contributed by atoms with E-state index in [4.69, 9.17) is 0 Å². The largest absolute Gasteiger partial charge is 0.459 e. The van der Waals surface area contributed by atoms with Crippen molar-refractivity contribution in [2.24, 2.45) is 0 Å². The van der Waals surface area contributed by atoms with Crippen LogP contribution < -0.4 is 5.32 Å². The van der Waals surface area contributed by atoms with E-state index in [2.05, 4.69) is 21.4 Å². The van der Waals surface area contributed by atoms with E-state index >= 15 is 0 Å². The summed E-state index contributed by atoms with van der Waals surface area (Å²) in [5, 5.41) is 2.25. The SMILES string of the molecule is C=CC(=O)OCCOC(=O)NC. The number of hydrogen-bond donors (Lipinski definition) is 1. The Morgan fingerprint density at radius 2 is 2.00 bits per heavy atom. The lowest BCUT2D eigenvalue weighted by Gasteiger charge is -2.03. The van der Waals surface area contributed by atoms with Crippen LogP contribution in [0, 0.1) is 0 Å². The van der Waals surface area contributed by atoms with Crippen molar-refractivity contribution in [1.82, 2.24) is 5.32 Å². The highest BCUT2D eigenvalue weighted by molar-refractivity contribution is 5.81. The summed E-state index contributed by atoms with van der Waals surface area (Å²) < 4.78 is 9.05. The number of ether oxygens (including phenoxy) is 2. The zero-order chi connectivity index (χ0) is 9.40. The summed E-state index contributed by atoms with van der Waals surface area (Å²) in [6, 6.07) is 0. The first-order valence-corrected chi connectivity index (χ1v) is 3.34. The topological polar surface area (TPSA) is 64.6 Å². The van der Waals surface area contributed by atoms with Crippen molar-refractivity contribution in [3.05, 3.63) is 12.7 Å². The average Bonchev–Trinajstić information content (AvgIpc) is 2.11. The molecule has 5 heteroatoms. The van der Waals surface area contributed by atoms with E-state index in [0.717, 1.165) is 6.08 Å². The van der Waals surface area contributed by atoms with E-state index in [-0.39, 0.29) is 13.2 Å². The Hall–Kier alpha value is -1.52. The monoisotopic (exact) mass is 173 g/mol. The van der Waals surface area contributed by atoms with Gasteiger partial charge in [-0.2, -0.15) is 0 Å². The number of nitrogens with one attached hydrogen (secondary N) is 1. The summed E-state index contributed by atoms with van der Waals surface area (Å²) in [6.07, 6.45) is 0.490. The summed E-state index contributed by atoms with van der Waals surface area (Å²) in [4.78, 5) is 20.9. The molecule has 0 saturated carbocycles. The quantitative estimate of drug-likeness (QED) is 0.371. The highest BCUT2D eigenvalue weighted by Crippen LogP contribution is 1.81. The molecule has 12 heavy (non-hydrogen) atoms. The molecular formula is C7H11NO4. The fourth-order valence-corrected chi connectivity index (χ4v) is 0.408. The molecule has 1 N–H and O–H groups in total. The zero-order valence-electron chi connectivity index (χ0n) is 6.83. The summed E-state index contributed by atoms with van der Waals surface area (Å²) in [5.41, 5.74) is 0. The van der Waals surface area contributed by atoms with Crippen molar-refractivity contribution in [3.8, 4) is 0 Å². The fraction of sp³-hybridized carbons (Fsp3) is 0.429. The maximum atomic E-state index is 10.4. The van der Waals surface area contributed by atoms with E-state index in [9.17, 15) is 9.59 Å². The van der Waals surface area contributed by atoms with Gasteiger partial charge in [0, 0.05) is 13.1 Å². The van der Waals surface area contributed by atoms with Gasteiger partial charge in [0.2, 0.25) is 0 Å². The molecule has 0 heterocycles. The van der Waals surface area contributed by atoms with Crippen LogP contribution in [0.2, 0.25) is 0 Å². The molecule has 0 rings (SSSR count). The molecule has 0 aromatic heterocycles. The van der Waals surface area contributed by atoms with Gasteiger partial charge in [-0.15, -0.1) is 0 Å². The number of carbonyl (C=O) groups is 2. The van der Waals surface area contributed by atoms with Crippen LogP contribution in [0.3, 0.4) is 0 Å². The third-order valence-electron chi connectivity index (χ3n) is 0.932. The van der Waals surface area contributed by atoms with Gasteiger partial charge in [-0.3, -0.25) is 0 Å². The Bertz CT molecular complexity index is 178. The van der Waals surface area contributed by atoms with Crippen LogP contribution in [0.1, 0.15) is 0 Å². The second-order valence-corrected chi connectivity index (χ2v) is 1.76. The van der Waals surface area contributed by atoms with Crippen molar-refractivity contribution in [2.75, 3.05) is 20.3 Å². The van der Waals surface area contributed by atoms with Crippen LogP contribution in [0.25, 0.3) is 0 Å². The molecule has 68 valence electrons. The molecule has 5 nitrogen and oxygen atoms in total. The van der Waals surface area contributed by atoms with E-state index in [1.54, 1.807) is 0 Å². The van der Waals surface area contributed by atoms with Gasteiger partial charge in [-0.25, -0.2) is 9.59 Å². The Morgan fingerprint density at radius 1 is 1.42 bits per heavy atom. The molecule has 0 radical (unpaired) electrons. The molecule has 0 aromatic rings. The van der Waals surface area contributed by atoms with Crippen LogP contribution in [0.4, 0.5) is 4.79 Å². The molecule has 0 aliphatic heterocycles. The number of carbonyl (C=O) groups excluding carboxylic acids is 2. The second-order valence-electron chi connectivity index (χ2n) is 1.76. The summed E-state index contributed by atoms with van der Waals surface area (Å²) >= 11 is 0. The zero-order valence-corrected chi connectivity index (χ0v) is 6.83. The van der Waals surface area contributed by atoms with E-state index in [1.165, 1.54) is 7.05 Å². The number of hydrogen-bond acceptors (Lipinski definition) is 4. The van der Waals surface area contributed by atoms with Gasteiger partial charge in [0.05, 0.1) is 0 Å². The van der Waals surface area contributed by atoms with Crippen LogP contribution >= 0.6 is 0 Å². The molecule has 0 aromatic carbocycles. The fourth-order valence-electron chi connectivity index (χ4n) is 0.408. The molecule has 0 aliphatic rings. The van der Waals surface area contributed by atoms with Gasteiger partial charge in [0.25, 0.3) is 0 Å². The smallest absolute Gasteiger partial charge is 0.406 e. The minimum atomic E-state index is -0.551. The number of rotatable bonds is 4. The van der Waals surface area contributed by atoms with Crippen LogP contribution in [-0.2, 0) is 14.3 Å². The van der Waals surface area contributed by atoms with Crippen molar-refractivity contribution in [1.29, 1.82) is 0 Å². The van der Waals surface area contributed by atoms with Crippen molar-refractivity contribution >= 4 is 12.1 Å². The summed E-state index contributed by atoms with van der Waals surface area (Å²) in [6.45, 7) is 3.28. The molecule has 0 unspecified atom stereocenters. The third kappa shape index (κ3) is 5.28. The van der Waals surface area contributed by atoms with Gasteiger partial charge in [-0.1, -0.05) is 6.58 Å². The predicted octanol–water partition coefficient (Wildman–Crippen LogP) is 0.0716. The second kappa shape index (κ2) is 6.21. The minimum absolute atomic E-state index is 0.0400. The van der Waals surface area contributed by atoms with Gasteiger partial charge >= 0.3 is 12.1 Å². The van der Waals surface area contributed by atoms with Crippen molar-refractivity contribution in [2.45, 2.75) is 0 Å². The first-order chi connectivity index (χ1) is 5.70. The first-order valence-electron chi connectivity index (χ1n) is 3.34. The number of amides is 1. The lowest BCUT2D eigenvalue weighted by Crippen LogP contribution is -2.21. The van der Waals surface area contributed by atoms with E-state index in [0.29, 0.717) is 0 Å². The molecule has 0 fully saturated rings. The first kappa shape index (κ1) is 10.5. The summed E-state index contributed by atoms with van der Waals surface area (Å²) in [7, 11) is 1.44. The minimum Gasteiger partial charge on any atom is -0.459 e. The molecular weight excluding hydrogens is 162 g/mol. The maximum Gasteiger partial charge on any atom is 0.406 e. The molecule has 0 aliphatic carbocycles. The highest BCUT2D eigenvalue weighted by atomic mass is 16.6. The summed E-state index contributed by atoms with van der Waals surface area (Å²) in [5.74, 6) is -0.532. The molecule has 0 bridgehead atoms. The Balaban J connectivity index is 3.27. The molecule has 0 saturated heterocycles. The Labute approximate surface area is 70.3 Å². The third-order valence-corrected chi connectivity index (χ3v) is 0.932. The van der Waals surface area contributed by atoms with Gasteiger partial charge < -0.3 is 14.8 Å². The maximum absolute atomic E-state index is 10.4. The van der Waals surface area contributed by atoms with E-state index in [1.807, 2.05) is 0 Å². The van der Waals surface area contributed by atoms with Gasteiger partial charge in [0.1, 0.15) is 13.2 Å². The van der Waals surface area contributed by atoms with E-state index < -0.39 is 12.1 Å².